The highest BCUT2D eigenvalue weighted by atomic mass is 16.3. The van der Waals surface area contributed by atoms with Crippen LogP contribution in [0.3, 0.4) is 0 Å². The van der Waals surface area contributed by atoms with E-state index in [1.165, 1.54) is 21.5 Å². The number of furan rings is 2. The van der Waals surface area contributed by atoms with Crippen molar-refractivity contribution < 1.29 is 8.83 Å². The standard InChI is InChI=1S/C50H31NO2/c1-2-11-33(12-3-1)38-29-30-45(49-43-16-7-9-20-47(43)53-50(38)49)51(44-18-10-17-39-37-14-5-4-13-34(37)23-27-40(39)44)36-25-21-32(22-26-36)35-24-28-42-41-15-6-8-19-46(41)52-48(42)31-35/h1-31H. The molecule has 3 heteroatoms. The lowest BCUT2D eigenvalue weighted by Gasteiger charge is -2.28. The van der Waals surface area contributed by atoms with E-state index in [2.05, 4.69) is 175 Å². The van der Waals surface area contributed by atoms with Crippen molar-refractivity contribution in [3.63, 3.8) is 0 Å². The minimum atomic E-state index is 0.868. The fourth-order valence-electron chi connectivity index (χ4n) is 8.18. The van der Waals surface area contributed by atoms with Crippen LogP contribution >= 0.6 is 0 Å². The van der Waals surface area contributed by atoms with Gasteiger partial charge in [-0.25, -0.2) is 0 Å². The monoisotopic (exact) mass is 677 g/mol. The van der Waals surface area contributed by atoms with Crippen molar-refractivity contribution in [1.82, 2.24) is 0 Å². The summed E-state index contributed by atoms with van der Waals surface area (Å²) in [5, 5.41) is 9.30. The predicted molar refractivity (Wildman–Crippen MR) is 222 cm³/mol. The van der Waals surface area contributed by atoms with E-state index >= 15 is 0 Å². The molecular weight excluding hydrogens is 647 g/mol. The summed E-state index contributed by atoms with van der Waals surface area (Å²) in [6.45, 7) is 0. The van der Waals surface area contributed by atoms with Crippen LogP contribution < -0.4 is 4.90 Å². The van der Waals surface area contributed by atoms with Gasteiger partial charge in [-0.05, 0) is 87.4 Å². The van der Waals surface area contributed by atoms with Gasteiger partial charge in [-0.3, -0.25) is 0 Å². The predicted octanol–water partition coefficient (Wildman–Crippen LogP) is 14.6. The van der Waals surface area contributed by atoms with Gasteiger partial charge in [0, 0.05) is 32.8 Å². The van der Waals surface area contributed by atoms with Crippen LogP contribution in [0.2, 0.25) is 0 Å². The second-order valence-corrected chi connectivity index (χ2v) is 13.7. The lowest BCUT2D eigenvalue weighted by atomic mass is 9.97. The lowest BCUT2D eigenvalue weighted by molar-refractivity contribution is 0.669. The summed E-state index contributed by atoms with van der Waals surface area (Å²) in [6.07, 6.45) is 0. The third-order valence-corrected chi connectivity index (χ3v) is 10.7. The molecule has 0 fully saturated rings. The van der Waals surface area contributed by atoms with Crippen LogP contribution in [0.25, 0.3) is 87.7 Å². The quantitative estimate of drug-likeness (QED) is 0.170. The highest BCUT2D eigenvalue weighted by Gasteiger charge is 2.23. The average Bonchev–Trinajstić information content (AvgIpc) is 3.80. The molecule has 53 heavy (non-hydrogen) atoms. The van der Waals surface area contributed by atoms with Gasteiger partial charge in [-0.15, -0.1) is 0 Å². The summed E-state index contributed by atoms with van der Waals surface area (Å²) >= 11 is 0. The molecule has 0 N–H and O–H groups in total. The summed E-state index contributed by atoms with van der Waals surface area (Å²) < 4.78 is 13.0. The molecule has 0 saturated heterocycles. The molecule has 0 aliphatic carbocycles. The molecule has 2 aromatic heterocycles. The van der Waals surface area contributed by atoms with E-state index in [-0.39, 0.29) is 0 Å². The zero-order chi connectivity index (χ0) is 34.9. The number of benzene rings is 9. The molecular formula is C50H31NO2. The minimum absolute atomic E-state index is 0.868. The maximum absolute atomic E-state index is 6.74. The molecule has 0 radical (unpaired) electrons. The molecule has 11 rings (SSSR count). The van der Waals surface area contributed by atoms with E-state index in [0.717, 1.165) is 83.2 Å². The van der Waals surface area contributed by atoms with Crippen LogP contribution in [-0.4, -0.2) is 0 Å². The number of fused-ring (bicyclic) bond motifs is 9. The van der Waals surface area contributed by atoms with Gasteiger partial charge < -0.3 is 13.7 Å². The molecule has 0 amide bonds. The molecule has 248 valence electrons. The van der Waals surface area contributed by atoms with Crippen LogP contribution in [-0.2, 0) is 0 Å². The normalized spacial score (nSPS) is 11.8. The first kappa shape index (κ1) is 29.6. The van der Waals surface area contributed by atoms with Gasteiger partial charge in [-0.1, -0.05) is 133 Å². The summed E-state index contributed by atoms with van der Waals surface area (Å²) in [7, 11) is 0. The maximum Gasteiger partial charge on any atom is 0.145 e. The first-order valence-electron chi connectivity index (χ1n) is 18.0. The van der Waals surface area contributed by atoms with Crippen LogP contribution in [0.1, 0.15) is 0 Å². The summed E-state index contributed by atoms with van der Waals surface area (Å²) in [5.41, 5.74) is 11.2. The van der Waals surface area contributed by atoms with E-state index in [0.29, 0.717) is 0 Å². The molecule has 0 saturated carbocycles. The van der Waals surface area contributed by atoms with Gasteiger partial charge in [0.15, 0.2) is 0 Å². The van der Waals surface area contributed by atoms with Crippen molar-refractivity contribution in [2.45, 2.75) is 0 Å². The fraction of sp³-hybridized carbons (Fsp3) is 0. The van der Waals surface area contributed by atoms with Crippen LogP contribution in [0.4, 0.5) is 17.1 Å². The van der Waals surface area contributed by atoms with Gasteiger partial charge in [0.1, 0.15) is 22.3 Å². The molecule has 0 unspecified atom stereocenters. The number of nitrogens with zero attached hydrogens (tertiary/aromatic N) is 1. The Balaban J connectivity index is 1.15. The van der Waals surface area contributed by atoms with Gasteiger partial charge >= 0.3 is 0 Å². The van der Waals surface area contributed by atoms with Crippen molar-refractivity contribution in [1.29, 1.82) is 0 Å². The van der Waals surface area contributed by atoms with Gasteiger partial charge in [0.05, 0.1) is 16.8 Å². The van der Waals surface area contributed by atoms with Crippen molar-refractivity contribution in [3.8, 4) is 22.3 Å². The molecule has 0 bridgehead atoms. The van der Waals surface area contributed by atoms with E-state index in [9.17, 15) is 0 Å². The SMILES string of the molecule is c1ccc(-c2ccc(N(c3ccc(-c4ccc5c(c4)oc4ccccc45)cc3)c3cccc4c3ccc3ccccc34)c3c2oc2ccccc23)cc1. The molecule has 0 aliphatic rings. The van der Waals surface area contributed by atoms with E-state index < -0.39 is 0 Å². The smallest absolute Gasteiger partial charge is 0.145 e. The Kier molecular flexibility index (Phi) is 6.55. The minimum Gasteiger partial charge on any atom is -0.456 e. The Morgan fingerprint density at radius 2 is 1.00 bits per heavy atom. The van der Waals surface area contributed by atoms with Gasteiger partial charge in [-0.2, -0.15) is 0 Å². The Labute approximate surface area is 305 Å². The zero-order valence-corrected chi connectivity index (χ0v) is 28.7. The van der Waals surface area contributed by atoms with Gasteiger partial charge in [0.25, 0.3) is 0 Å². The number of rotatable bonds is 5. The van der Waals surface area contributed by atoms with Crippen LogP contribution in [0.15, 0.2) is 197 Å². The third kappa shape index (κ3) is 4.68. The molecule has 3 nitrogen and oxygen atoms in total. The van der Waals surface area contributed by atoms with Crippen molar-refractivity contribution >= 4 is 82.5 Å². The molecule has 2 heterocycles. The molecule has 0 aliphatic heterocycles. The zero-order valence-electron chi connectivity index (χ0n) is 28.7. The Hall–Kier alpha value is -7.10. The van der Waals surface area contributed by atoms with E-state index in [1.807, 2.05) is 18.2 Å². The lowest BCUT2D eigenvalue weighted by Crippen LogP contribution is -2.11. The Morgan fingerprint density at radius 3 is 1.85 bits per heavy atom. The number of hydrogen-bond donors (Lipinski definition) is 0. The molecule has 9 aromatic carbocycles. The summed E-state index contributed by atoms with van der Waals surface area (Å²) in [6, 6.07) is 66.8. The van der Waals surface area contributed by atoms with Crippen molar-refractivity contribution in [2.75, 3.05) is 4.90 Å². The highest BCUT2D eigenvalue weighted by molar-refractivity contribution is 6.19. The van der Waals surface area contributed by atoms with E-state index in [4.69, 9.17) is 8.83 Å². The topological polar surface area (TPSA) is 29.5 Å². The second-order valence-electron chi connectivity index (χ2n) is 13.7. The number of hydrogen-bond acceptors (Lipinski definition) is 3. The van der Waals surface area contributed by atoms with Crippen molar-refractivity contribution in [2.24, 2.45) is 0 Å². The fourth-order valence-corrected chi connectivity index (χ4v) is 8.18. The summed E-state index contributed by atoms with van der Waals surface area (Å²) in [5.74, 6) is 0. The maximum atomic E-state index is 6.74. The first-order valence-corrected chi connectivity index (χ1v) is 18.0. The highest BCUT2D eigenvalue weighted by Crippen LogP contribution is 2.48. The van der Waals surface area contributed by atoms with Crippen LogP contribution in [0, 0.1) is 0 Å². The number of anilines is 3. The van der Waals surface area contributed by atoms with Crippen LogP contribution in [0.5, 0.6) is 0 Å². The van der Waals surface area contributed by atoms with Gasteiger partial charge in [0.2, 0.25) is 0 Å². The largest absolute Gasteiger partial charge is 0.456 e. The number of para-hydroxylation sites is 2. The van der Waals surface area contributed by atoms with E-state index in [1.54, 1.807) is 0 Å². The first-order chi connectivity index (χ1) is 26.3. The average molecular weight is 678 g/mol. The Bertz CT molecular complexity index is 3170. The molecule has 0 atom stereocenters. The summed E-state index contributed by atoms with van der Waals surface area (Å²) in [4.78, 5) is 2.41. The molecule has 0 spiro atoms. The second kappa shape index (κ2) is 11.7. The molecule has 11 aromatic rings. The van der Waals surface area contributed by atoms with Crippen molar-refractivity contribution in [3.05, 3.63) is 188 Å². The third-order valence-electron chi connectivity index (χ3n) is 10.7. The Morgan fingerprint density at radius 1 is 0.340 bits per heavy atom.